The maximum atomic E-state index is 12.1. The quantitative estimate of drug-likeness (QED) is 0.131. The van der Waals surface area contributed by atoms with Crippen LogP contribution in [0.2, 0.25) is 0 Å². The molecule has 0 saturated heterocycles. The average molecular weight is 512 g/mol. The van der Waals surface area contributed by atoms with Crippen molar-refractivity contribution in [2.24, 2.45) is 0 Å². The molecular weight excluding hydrogens is 462 g/mol. The van der Waals surface area contributed by atoms with Gasteiger partial charge >= 0.3 is 0 Å². The number of aryl methyl sites for hydroxylation is 1. The first kappa shape index (κ1) is 31.4. The van der Waals surface area contributed by atoms with E-state index in [1.165, 1.54) is 76.2 Å². The first-order chi connectivity index (χ1) is 16.8. The van der Waals surface area contributed by atoms with Gasteiger partial charge in [-0.2, -0.15) is 8.42 Å². The summed E-state index contributed by atoms with van der Waals surface area (Å²) < 4.78 is 36.6. The molecule has 1 unspecified atom stereocenters. The summed E-state index contributed by atoms with van der Waals surface area (Å²) in [7, 11) is -4.07. The second-order valence-electron chi connectivity index (χ2n) is 9.59. The highest BCUT2D eigenvalue weighted by molar-refractivity contribution is 7.85. The second-order valence-corrected chi connectivity index (χ2v) is 11.2. The van der Waals surface area contributed by atoms with Crippen molar-refractivity contribution >= 4 is 16.0 Å². The van der Waals surface area contributed by atoms with E-state index >= 15 is 0 Å². The number of benzene rings is 1. The molecule has 6 nitrogen and oxygen atoms in total. The molecule has 7 heteroatoms. The normalized spacial score (nSPS) is 12.4. The molecule has 1 aromatic rings. The van der Waals surface area contributed by atoms with Gasteiger partial charge in [0.15, 0.2) is 0 Å². The van der Waals surface area contributed by atoms with E-state index in [0.29, 0.717) is 6.42 Å². The first-order valence-corrected chi connectivity index (χ1v) is 15.4. The van der Waals surface area contributed by atoms with Gasteiger partial charge in [-0.05, 0) is 43.4 Å². The maximum Gasteiger partial charge on any atom is 0.266 e. The van der Waals surface area contributed by atoms with Crippen molar-refractivity contribution in [3.8, 4) is 5.75 Å². The van der Waals surface area contributed by atoms with Gasteiger partial charge in [-0.15, -0.1) is 0 Å². The molecule has 0 bridgehead atoms. The van der Waals surface area contributed by atoms with Crippen LogP contribution in [0.25, 0.3) is 0 Å². The lowest BCUT2D eigenvalue weighted by Gasteiger charge is -2.19. The third kappa shape index (κ3) is 18.3. The maximum absolute atomic E-state index is 12.1. The fourth-order valence-corrected chi connectivity index (χ4v) is 4.53. The highest BCUT2D eigenvalue weighted by atomic mass is 32.2. The van der Waals surface area contributed by atoms with E-state index in [4.69, 9.17) is 9.29 Å². The summed E-state index contributed by atoms with van der Waals surface area (Å²) in [4.78, 5) is 12.1. The Bertz CT molecular complexity index is 764. The minimum atomic E-state index is -4.07. The molecule has 0 heterocycles. The zero-order chi connectivity index (χ0) is 25.8. The number of hydrogen-bond acceptors (Lipinski definition) is 4. The molecule has 1 amide bonds. The molecule has 202 valence electrons. The SMILES string of the molecule is CCCCCCCCCCCCCCC(CCC(=O)NCCS(=O)(=O)O)Oc1ccc(CC)cc1. The lowest BCUT2D eigenvalue weighted by Crippen LogP contribution is -2.30. The summed E-state index contributed by atoms with van der Waals surface area (Å²) in [5.74, 6) is 0.123. The Kier molecular flexibility index (Phi) is 17.6. The van der Waals surface area contributed by atoms with Gasteiger partial charge in [-0.3, -0.25) is 9.35 Å². The molecule has 35 heavy (non-hydrogen) atoms. The van der Waals surface area contributed by atoms with Crippen molar-refractivity contribution in [1.29, 1.82) is 0 Å². The zero-order valence-corrected chi connectivity index (χ0v) is 22.9. The van der Waals surface area contributed by atoms with E-state index in [1.54, 1.807) is 0 Å². The molecule has 1 rings (SSSR count). The van der Waals surface area contributed by atoms with Crippen LogP contribution < -0.4 is 10.1 Å². The van der Waals surface area contributed by atoms with E-state index < -0.39 is 15.9 Å². The van der Waals surface area contributed by atoms with Gasteiger partial charge in [0.25, 0.3) is 10.1 Å². The Labute approximate surface area is 214 Å². The van der Waals surface area contributed by atoms with Gasteiger partial charge in [0, 0.05) is 13.0 Å². The van der Waals surface area contributed by atoms with Gasteiger partial charge in [-0.1, -0.05) is 96.6 Å². The first-order valence-electron chi connectivity index (χ1n) is 13.8. The van der Waals surface area contributed by atoms with Crippen LogP contribution in [0, 0.1) is 0 Å². The second kappa shape index (κ2) is 19.6. The monoisotopic (exact) mass is 511 g/mol. The van der Waals surface area contributed by atoms with Crippen LogP contribution in [0.5, 0.6) is 5.75 Å². The Morgan fingerprint density at radius 3 is 1.91 bits per heavy atom. The largest absolute Gasteiger partial charge is 0.490 e. The smallest absolute Gasteiger partial charge is 0.266 e. The molecule has 0 aliphatic carbocycles. The van der Waals surface area contributed by atoms with Gasteiger partial charge in [0.1, 0.15) is 5.75 Å². The molecule has 2 N–H and O–H groups in total. The summed E-state index contributed by atoms with van der Waals surface area (Å²) in [6.07, 6.45) is 18.3. The van der Waals surface area contributed by atoms with E-state index in [9.17, 15) is 13.2 Å². The van der Waals surface area contributed by atoms with Crippen LogP contribution in [-0.4, -0.2) is 37.3 Å². The third-order valence-corrected chi connectivity index (χ3v) is 7.11. The molecule has 0 aliphatic rings. The van der Waals surface area contributed by atoms with Crippen molar-refractivity contribution in [2.75, 3.05) is 12.3 Å². The van der Waals surface area contributed by atoms with Crippen LogP contribution in [0.15, 0.2) is 24.3 Å². The molecule has 0 fully saturated rings. The molecule has 1 aromatic carbocycles. The number of carbonyl (C=O) groups excluding carboxylic acids is 1. The Hall–Kier alpha value is -1.60. The number of amides is 1. The van der Waals surface area contributed by atoms with Gasteiger partial charge in [-0.25, -0.2) is 0 Å². The van der Waals surface area contributed by atoms with E-state index in [2.05, 4.69) is 31.3 Å². The van der Waals surface area contributed by atoms with Crippen molar-refractivity contribution < 1.29 is 22.5 Å². The van der Waals surface area contributed by atoms with Crippen LogP contribution in [-0.2, 0) is 21.3 Å². The fraction of sp³-hybridized carbons (Fsp3) is 0.750. The predicted molar refractivity (Wildman–Crippen MR) is 145 cm³/mol. The van der Waals surface area contributed by atoms with Crippen molar-refractivity contribution in [1.82, 2.24) is 5.32 Å². The summed E-state index contributed by atoms with van der Waals surface area (Å²) in [5.41, 5.74) is 1.26. The van der Waals surface area contributed by atoms with Crippen LogP contribution in [0.1, 0.15) is 116 Å². The molecule has 1 atom stereocenters. The Morgan fingerprint density at radius 1 is 0.857 bits per heavy atom. The zero-order valence-electron chi connectivity index (χ0n) is 22.1. The third-order valence-electron chi connectivity index (χ3n) is 6.39. The van der Waals surface area contributed by atoms with E-state index in [0.717, 1.165) is 25.0 Å². The van der Waals surface area contributed by atoms with Gasteiger partial charge < -0.3 is 10.1 Å². The molecule has 0 spiro atoms. The minimum Gasteiger partial charge on any atom is -0.490 e. The number of ether oxygens (including phenoxy) is 1. The number of nitrogens with one attached hydrogen (secondary N) is 1. The average Bonchev–Trinajstić information content (AvgIpc) is 2.82. The van der Waals surface area contributed by atoms with Crippen molar-refractivity contribution in [3.63, 3.8) is 0 Å². The number of unbranched alkanes of at least 4 members (excludes halogenated alkanes) is 11. The Balaban J connectivity index is 2.32. The van der Waals surface area contributed by atoms with E-state index in [1.807, 2.05) is 12.1 Å². The van der Waals surface area contributed by atoms with Gasteiger partial charge in [0.05, 0.1) is 11.9 Å². The molecule has 0 saturated carbocycles. The lowest BCUT2D eigenvalue weighted by atomic mass is 10.0. The standard InChI is InChI=1S/C28H49NO5S/c1-3-5-6-7-8-9-10-11-12-13-14-15-16-26(34-27-19-17-25(4-2)18-20-27)21-22-28(30)29-23-24-35(31,32)33/h17-20,26H,3-16,21-24H2,1-2H3,(H,29,30)(H,31,32,33). The summed E-state index contributed by atoms with van der Waals surface area (Å²) >= 11 is 0. The topological polar surface area (TPSA) is 92.7 Å². The van der Waals surface area contributed by atoms with Crippen LogP contribution in [0.4, 0.5) is 0 Å². The molecular formula is C28H49NO5S. The van der Waals surface area contributed by atoms with E-state index in [-0.39, 0.29) is 25.0 Å². The highest BCUT2D eigenvalue weighted by Crippen LogP contribution is 2.20. The van der Waals surface area contributed by atoms with Gasteiger partial charge in [0.2, 0.25) is 5.91 Å². The van der Waals surface area contributed by atoms with Crippen molar-refractivity contribution in [3.05, 3.63) is 29.8 Å². The van der Waals surface area contributed by atoms with Crippen molar-refractivity contribution in [2.45, 2.75) is 123 Å². The summed E-state index contributed by atoms with van der Waals surface area (Å²) in [5, 5.41) is 2.55. The van der Waals surface area contributed by atoms with Crippen LogP contribution >= 0.6 is 0 Å². The highest BCUT2D eigenvalue weighted by Gasteiger charge is 2.14. The minimum absolute atomic E-state index is 0.0575. The molecule has 0 aromatic heterocycles. The molecule has 0 aliphatic heterocycles. The molecule has 0 radical (unpaired) electrons. The Morgan fingerprint density at radius 2 is 1.40 bits per heavy atom. The lowest BCUT2D eigenvalue weighted by molar-refractivity contribution is -0.121. The number of carbonyl (C=O) groups is 1. The predicted octanol–water partition coefficient (Wildman–Crippen LogP) is 6.87. The summed E-state index contributed by atoms with van der Waals surface area (Å²) in [6, 6.07) is 8.11. The number of rotatable bonds is 22. The summed E-state index contributed by atoms with van der Waals surface area (Å²) in [6.45, 7) is 4.29. The van der Waals surface area contributed by atoms with Crippen LogP contribution in [0.3, 0.4) is 0 Å². The fourth-order valence-electron chi connectivity index (χ4n) is 4.17. The number of hydrogen-bond donors (Lipinski definition) is 2.